The lowest BCUT2D eigenvalue weighted by atomic mass is 9.97. The number of rotatable bonds is 1. The quantitative estimate of drug-likeness (QED) is 0.577. The fourth-order valence-corrected chi connectivity index (χ4v) is 2.38. The van der Waals surface area contributed by atoms with Crippen molar-refractivity contribution in [1.82, 2.24) is 5.32 Å². The van der Waals surface area contributed by atoms with Crippen molar-refractivity contribution in [3.8, 4) is 5.75 Å². The number of hydrogen-bond acceptors (Lipinski definition) is 5. The van der Waals surface area contributed by atoms with Crippen LogP contribution in [-0.4, -0.2) is 17.9 Å². The van der Waals surface area contributed by atoms with Crippen molar-refractivity contribution in [2.45, 2.75) is 13.0 Å². The Morgan fingerprint density at radius 1 is 1.33 bits per heavy atom. The van der Waals surface area contributed by atoms with E-state index in [1.807, 2.05) is 0 Å². The molecule has 0 radical (unpaired) electrons. The molecule has 0 fully saturated rings. The summed E-state index contributed by atoms with van der Waals surface area (Å²) in [4.78, 5) is 22.8. The molecule has 1 aromatic carbocycles. The monoisotopic (exact) mass is 245 g/mol. The van der Waals surface area contributed by atoms with E-state index < -0.39 is 5.63 Å². The zero-order valence-electron chi connectivity index (χ0n) is 9.53. The van der Waals surface area contributed by atoms with Crippen LogP contribution < -0.4 is 10.9 Å². The van der Waals surface area contributed by atoms with Gasteiger partial charge in [-0.1, -0.05) is 0 Å². The minimum atomic E-state index is -0.446. The van der Waals surface area contributed by atoms with Crippen molar-refractivity contribution >= 4 is 17.3 Å². The largest absolute Gasteiger partial charge is 0.507 e. The third kappa shape index (κ3) is 1.44. The van der Waals surface area contributed by atoms with Crippen LogP contribution in [0.4, 0.5) is 0 Å². The van der Waals surface area contributed by atoms with E-state index >= 15 is 0 Å². The summed E-state index contributed by atoms with van der Waals surface area (Å²) in [5.41, 5.74) is 1.28. The van der Waals surface area contributed by atoms with E-state index in [2.05, 4.69) is 5.32 Å². The second kappa shape index (κ2) is 3.96. The summed E-state index contributed by atoms with van der Waals surface area (Å²) in [6.07, 6.45) is 1.22. The molecule has 2 heterocycles. The van der Waals surface area contributed by atoms with Crippen LogP contribution in [0.25, 0.3) is 11.0 Å². The average molecular weight is 245 g/mol. The van der Waals surface area contributed by atoms with Gasteiger partial charge in [-0.25, -0.2) is 4.79 Å². The Hall–Kier alpha value is -2.14. The van der Waals surface area contributed by atoms with Gasteiger partial charge in [0.2, 0.25) is 0 Å². The molecule has 0 aliphatic carbocycles. The van der Waals surface area contributed by atoms with E-state index in [4.69, 9.17) is 4.42 Å². The second-order valence-corrected chi connectivity index (χ2v) is 4.27. The molecule has 0 saturated carbocycles. The highest BCUT2D eigenvalue weighted by molar-refractivity contribution is 5.98. The van der Waals surface area contributed by atoms with E-state index in [1.165, 1.54) is 6.07 Å². The summed E-state index contributed by atoms with van der Waals surface area (Å²) < 4.78 is 5.18. The van der Waals surface area contributed by atoms with Crippen LogP contribution in [0.15, 0.2) is 21.3 Å². The van der Waals surface area contributed by atoms with Gasteiger partial charge >= 0.3 is 5.63 Å². The second-order valence-electron chi connectivity index (χ2n) is 4.27. The van der Waals surface area contributed by atoms with Crippen molar-refractivity contribution < 1.29 is 14.3 Å². The molecular weight excluding hydrogens is 234 g/mol. The van der Waals surface area contributed by atoms with Gasteiger partial charge in [0.1, 0.15) is 5.75 Å². The maximum Gasteiger partial charge on any atom is 0.341 e. The van der Waals surface area contributed by atoms with Gasteiger partial charge in [0.15, 0.2) is 11.9 Å². The van der Waals surface area contributed by atoms with Gasteiger partial charge in [-0.05, 0) is 30.7 Å². The Morgan fingerprint density at radius 3 is 2.94 bits per heavy atom. The molecule has 2 N–H and O–H groups in total. The molecule has 0 saturated heterocycles. The summed E-state index contributed by atoms with van der Waals surface area (Å²) in [6.45, 7) is 1.26. The van der Waals surface area contributed by atoms with Gasteiger partial charge in [0.25, 0.3) is 0 Å². The summed E-state index contributed by atoms with van der Waals surface area (Å²) >= 11 is 0. The van der Waals surface area contributed by atoms with Gasteiger partial charge in [0.05, 0.1) is 11.1 Å². The number of hydrogen-bond donors (Lipinski definition) is 2. The molecule has 0 unspecified atom stereocenters. The fourth-order valence-electron chi connectivity index (χ4n) is 2.38. The smallest absolute Gasteiger partial charge is 0.341 e. The number of phenolic OH excluding ortho intramolecular Hbond substituents is 1. The lowest BCUT2D eigenvalue weighted by Crippen LogP contribution is -2.29. The lowest BCUT2D eigenvalue weighted by Gasteiger charge is -2.17. The molecule has 3 rings (SSSR count). The van der Waals surface area contributed by atoms with Crippen molar-refractivity contribution in [3.63, 3.8) is 0 Å². The van der Waals surface area contributed by atoms with Crippen molar-refractivity contribution in [2.24, 2.45) is 0 Å². The zero-order valence-corrected chi connectivity index (χ0v) is 9.53. The van der Waals surface area contributed by atoms with E-state index in [0.717, 1.165) is 17.5 Å². The molecule has 1 aromatic heterocycles. The van der Waals surface area contributed by atoms with E-state index in [1.54, 1.807) is 6.07 Å². The SMILES string of the molecule is O=Cc1c(O)ccc2c3c(c(=O)oc12)CNCC3. The minimum Gasteiger partial charge on any atom is -0.507 e. The first kappa shape index (κ1) is 11.0. The van der Waals surface area contributed by atoms with E-state index in [0.29, 0.717) is 24.8 Å². The highest BCUT2D eigenvalue weighted by Crippen LogP contribution is 2.29. The maximum atomic E-state index is 11.9. The fraction of sp³-hybridized carbons (Fsp3) is 0.231. The molecule has 92 valence electrons. The number of aromatic hydroxyl groups is 1. The number of carbonyl (C=O) groups is 1. The van der Waals surface area contributed by atoms with Crippen molar-refractivity contribution in [3.05, 3.63) is 39.2 Å². The third-order valence-corrected chi connectivity index (χ3v) is 3.28. The lowest BCUT2D eigenvalue weighted by molar-refractivity contribution is 0.112. The Morgan fingerprint density at radius 2 is 2.17 bits per heavy atom. The Kier molecular flexibility index (Phi) is 2.41. The van der Waals surface area contributed by atoms with E-state index in [9.17, 15) is 14.7 Å². The number of carbonyl (C=O) groups excluding carboxylic acids is 1. The van der Waals surface area contributed by atoms with Crippen molar-refractivity contribution in [1.29, 1.82) is 0 Å². The Bertz CT molecular complexity index is 702. The predicted molar refractivity (Wildman–Crippen MR) is 64.9 cm³/mol. The van der Waals surface area contributed by atoms with Gasteiger partial charge in [-0.15, -0.1) is 0 Å². The van der Waals surface area contributed by atoms with Crippen molar-refractivity contribution in [2.75, 3.05) is 6.54 Å². The van der Waals surface area contributed by atoms with Crippen LogP contribution in [0.1, 0.15) is 21.5 Å². The predicted octanol–water partition coefficient (Wildman–Crippen LogP) is 0.957. The van der Waals surface area contributed by atoms with Crippen LogP contribution in [0.2, 0.25) is 0 Å². The van der Waals surface area contributed by atoms with Crippen LogP contribution in [0.3, 0.4) is 0 Å². The molecular formula is C13H11NO4. The Balaban J connectivity index is 2.47. The van der Waals surface area contributed by atoms with Gasteiger partial charge in [-0.2, -0.15) is 0 Å². The first-order valence-corrected chi connectivity index (χ1v) is 5.69. The highest BCUT2D eigenvalue weighted by atomic mass is 16.4. The van der Waals surface area contributed by atoms with E-state index in [-0.39, 0.29) is 16.9 Å². The summed E-state index contributed by atoms with van der Waals surface area (Å²) in [7, 11) is 0. The molecule has 0 amide bonds. The van der Waals surface area contributed by atoms with Crippen LogP contribution >= 0.6 is 0 Å². The molecule has 0 atom stereocenters. The molecule has 5 heteroatoms. The molecule has 2 aromatic rings. The number of phenols is 1. The highest BCUT2D eigenvalue weighted by Gasteiger charge is 2.20. The van der Waals surface area contributed by atoms with Crippen LogP contribution in [-0.2, 0) is 13.0 Å². The third-order valence-electron chi connectivity index (χ3n) is 3.28. The molecule has 1 aliphatic heterocycles. The van der Waals surface area contributed by atoms with Crippen LogP contribution in [0.5, 0.6) is 5.75 Å². The number of aldehydes is 1. The molecule has 0 bridgehead atoms. The average Bonchev–Trinajstić information content (AvgIpc) is 2.39. The first-order valence-electron chi connectivity index (χ1n) is 5.69. The summed E-state index contributed by atoms with van der Waals surface area (Å²) in [5.74, 6) is -0.172. The molecule has 18 heavy (non-hydrogen) atoms. The van der Waals surface area contributed by atoms with Crippen LogP contribution in [0, 0.1) is 0 Å². The molecule has 1 aliphatic rings. The minimum absolute atomic E-state index is 0.0333. The van der Waals surface area contributed by atoms with Gasteiger partial charge in [-0.3, -0.25) is 4.79 Å². The maximum absolute atomic E-state index is 11.9. The van der Waals surface area contributed by atoms with Gasteiger partial charge < -0.3 is 14.8 Å². The zero-order chi connectivity index (χ0) is 12.7. The number of nitrogens with one attached hydrogen (secondary N) is 1. The summed E-state index contributed by atoms with van der Waals surface area (Å²) in [6, 6.07) is 3.14. The number of fused-ring (bicyclic) bond motifs is 3. The molecule has 5 nitrogen and oxygen atoms in total. The normalized spacial score (nSPS) is 14.4. The molecule has 0 spiro atoms. The standard InChI is InChI=1S/C13H11NO4/c15-6-10-11(16)2-1-8-7-3-4-14-5-9(7)13(17)18-12(8)10/h1-2,6,14,16H,3-5H2. The first-order chi connectivity index (χ1) is 8.72. The summed E-state index contributed by atoms with van der Waals surface area (Å²) in [5, 5.41) is 13.4. The topological polar surface area (TPSA) is 79.5 Å². The van der Waals surface area contributed by atoms with Gasteiger partial charge in [0, 0.05) is 11.9 Å². The number of benzene rings is 1. The Labute approximate surface area is 102 Å².